The third-order valence-electron chi connectivity index (χ3n) is 2.66. The fourth-order valence-electron chi connectivity index (χ4n) is 1.69. The molecule has 1 heterocycles. The van der Waals surface area contributed by atoms with Crippen molar-refractivity contribution < 1.29 is 22.2 Å². The van der Waals surface area contributed by atoms with E-state index in [0.29, 0.717) is 0 Å². The smallest absolute Gasteiger partial charge is 0.299 e. The van der Waals surface area contributed by atoms with Crippen LogP contribution in [-0.2, 0) is 23.5 Å². The number of Topliss-reactive ketones (excluding diaryl/α,β-unsaturated/α-hetero) is 1. The highest BCUT2D eigenvalue weighted by molar-refractivity contribution is 7.84. The molecule has 21 heavy (non-hydrogen) atoms. The monoisotopic (exact) mass is 317 g/mol. The van der Waals surface area contributed by atoms with Gasteiger partial charge in [-0.15, -0.1) is 10.2 Å². The van der Waals surface area contributed by atoms with Crippen molar-refractivity contribution in [1.82, 2.24) is 14.8 Å². The first-order valence-electron chi connectivity index (χ1n) is 5.70. The number of nitrogens with zero attached hydrogens (tertiary/aromatic N) is 3. The number of alkyl halides is 3. The second-order valence-electron chi connectivity index (χ2n) is 4.20. The minimum absolute atomic E-state index is 0.0774. The molecule has 9 heteroatoms. The second kappa shape index (κ2) is 5.76. The van der Waals surface area contributed by atoms with Gasteiger partial charge in [-0.25, -0.2) is 0 Å². The van der Waals surface area contributed by atoms with E-state index < -0.39 is 28.3 Å². The van der Waals surface area contributed by atoms with E-state index in [1.165, 1.54) is 29.3 Å². The molecule has 2 rings (SSSR count). The Labute approximate surface area is 120 Å². The van der Waals surface area contributed by atoms with Crippen LogP contribution < -0.4 is 0 Å². The average Bonchev–Trinajstić information content (AvgIpc) is 2.86. The number of benzene rings is 1. The summed E-state index contributed by atoms with van der Waals surface area (Å²) < 4.78 is 50.4. The van der Waals surface area contributed by atoms with Gasteiger partial charge < -0.3 is 0 Å². The maximum atomic E-state index is 12.6. The van der Waals surface area contributed by atoms with Gasteiger partial charge in [-0.2, -0.15) is 13.2 Å². The molecule has 0 aliphatic heterocycles. The standard InChI is InChI=1S/C12H10F3N3O2S/c1-21(20)11-17-16-7-18(11)6-10(19)8-3-2-4-9(5-8)12(13,14)15/h2-5,7H,6H2,1H3/t21-/m1/s1. The van der Waals surface area contributed by atoms with Crippen LogP contribution in [0.2, 0.25) is 0 Å². The number of carbonyl (C=O) groups excluding carboxylic acids is 1. The predicted octanol–water partition coefficient (Wildman–Crippen LogP) is 1.92. The molecule has 112 valence electrons. The fourth-order valence-corrected chi connectivity index (χ4v) is 2.29. The van der Waals surface area contributed by atoms with Gasteiger partial charge in [0.2, 0.25) is 5.16 Å². The lowest BCUT2D eigenvalue weighted by molar-refractivity contribution is -0.137. The number of ketones is 1. The van der Waals surface area contributed by atoms with Gasteiger partial charge in [-0.1, -0.05) is 12.1 Å². The zero-order chi connectivity index (χ0) is 15.6. The molecule has 1 atom stereocenters. The van der Waals surface area contributed by atoms with E-state index in [1.807, 2.05) is 0 Å². The van der Waals surface area contributed by atoms with Crippen LogP contribution in [0.25, 0.3) is 0 Å². The molecule has 0 fully saturated rings. The van der Waals surface area contributed by atoms with Crippen LogP contribution in [0.3, 0.4) is 0 Å². The van der Waals surface area contributed by atoms with Crippen LogP contribution >= 0.6 is 0 Å². The highest BCUT2D eigenvalue weighted by Crippen LogP contribution is 2.29. The first-order chi connectivity index (χ1) is 9.79. The summed E-state index contributed by atoms with van der Waals surface area (Å²) >= 11 is 0. The zero-order valence-electron chi connectivity index (χ0n) is 10.8. The van der Waals surface area contributed by atoms with Crippen molar-refractivity contribution in [2.75, 3.05) is 6.26 Å². The SMILES string of the molecule is C[S@@](=O)c1nncn1CC(=O)c1cccc(C(F)(F)F)c1. The van der Waals surface area contributed by atoms with E-state index in [-0.39, 0.29) is 17.3 Å². The van der Waals surface area contributed by atoms with Gasteiger partial charge in [0.15, 0.2) is 5.78 Å². The summed E-state index contributed by atoms with van der Waals surface area (Å²) in [6.07, 6.45) is -1.93. The lowest BCUT2D eigenvalue weighted by atomic mass is 10.1. The molecule has 0 saturated heterocycles. The van der Waals surface area contributed by atoms with Crippen molar-refractivity contribution in [3.63, 3.8) is 0 Å². The molecule has 1 aromatic heterocycles. The highest BCUT2D eigenvalue weighted by atomic mass is 32.2. The lowest BCUT2D eigenvalue weighted by Crippen LogP contribution is -2.14. The number of halogens is 3. The minimum atomic E-state index is -4.51. The Morgan fingerprint density at radius 1 is 1.38 bits per heavy atom. The molecule has 0 saturated carbocycles. The van der Waals surface area contributed by atoms with E-state index in [2.05, 4.69) is 10.2 Å². The minimum Gasteiger partial charge on any atom is -0.299 e. The van der Waals surface area contributed by atoms with Crippen LogP contribution in [-0.4, -0.2) is 31.0 Å². The average molecular weight is 317 g/mol. The number of hydrogen-bond donors (Lipinski definition) is 0. The van der Waals surface area contributed by atoms with Crippen molar-refractivity contribution in [2.24, 2.45) is 0 Å². The maximum absolute atomic E-state index is 12.6. The molecule has 0 aliphatic carbocycles. The zero-order valence-corrected chi connectivity index (χ0v) is 11.6. The van der Waals surface area contributed by atoms with Crippen LogP contribution in [0.15, 0.2) is 35.7 Å². The van der Waals surface area contributed by atoms with Gasteiger partial charge in [0.05, 0.1) is 22.9 Å². The largest absolute Gasteiger partial charge is 0.416 e. The topological polar surface area (TPSA) is 64.8 Å². The number of hydrogen-bond acceptors (Lipinski definition) is 4. The Morgan fingerprint density at radius 3 is 2.71 bits per heavy atom. The third kappa shape index (κ3) is 3.54. The molecule has 0 bridgehead atoms. The van der Waals surface area contributed by atoms with Gasteiger partial charge >= 0.3 is 6.18 Å². The molecule has 0 N–H and O–H groups in total. The Morgan fingerprint density at radius 2 is 2.10 bits per heavy atom. The first kappa shape index (κ1) is 15.4. The van der Waals surface area contributed by atoms with Crippen LogP contribution in [0.1, 0.15) is 15.9 Å². The second-order valence-corrected chi connectivity index (χ2v) is 5.47. The van der Waals surface area contributed by atoms with Crippen LogP contribution in [0, 0.1) is 0 Å². The van der Waals surface area contributed by atoms with E-state index >= 15 is 0 Å². The summed E-state index contributed by atoms with van der Waals surface area (Å²) in [6, 6.07) is 4.14. The van der Waals surface area contributed by atoms with Gasteiger partial charge in [0, 0.05) is 11.8 Å². The third-order valence-corrected chi connectivity index (χ3v) is 3.49. The molecule has 5 nitrogen and oxygen atoms in total. The molecular weight excluding hydrogens is 307 g/mol. The Hall–Kier alpha value is -2.03. The highest BCUT2D eigenvalue weighted by Gasteiger charge is 2.30. The molecule has 0 radical (unpaired) electrons. The summed E-state index contributed by atoms with van der Waals surface area (Å²) in [5.74, 6) is -0.549. The number of rotatable bonds is 4. The van der Waals surface area contributed by atoms with Gasteiger partial charge in [0.25, 0.3) is 0 Å². The van der Waals surface area contributed by atoms with Crippen molar-refractivity contribution in [3.05, 3.63) is 41.7 Å². The Balaban J connectivity index is 2.25. The van der Waals surface area contributed by atoms with Crippen molar-refractivity contribution in [2.45, 2.75) is 17.9 Å². The van der Waals surface area contributed by atoms with E-state index in [4.69, 9.17) is 0 Å². The summed E-state index contributed by atoms with van der Waals surface area (Å²) in [4.78, 5) is 12.0. The normalized spacial score (nSPS) is 13.1. The van der Waals surface area contributed by atoms with Gasteiger partial charge in [0.1, 0.15) is 6.33 Å². The van der Waals surface area contributed by atoms with Gasteiger partial charge in [-0.3, -0.25) is 13.6 Å². The van der Waals surface area contributed by atoms with E-state index in [1.54, 1.807) is 0 Å². The fraction of sp³-hybridized carbons (Fsp3) is 0.250. The summed E-state index contributed by atoms with van der Waals surface area (Å²) in [7, 11) is -1.44. The van der Waals surface area contributed by atoms with Crippen molar-refractivity contribution in [3.8, 4) is 0 Å². The van der Waals surface area contributed by atoms with Crippen LogP contribution in [0.5, 0.6) is 0 Å². The summed E-state index contributed by atoms with van der Waals surface area (Å²) in [5.41, 5.74) is -0.970. The predicted molar refractivity (Wildman–Crippen MR) is 68.1 cm³/mol. The van der Waals surface area contributed by atoms with Crippen LogP contribution in [0.4, 0.5) is 13.2 Å². The van der Waals surface area contributed by atoms with E-state index in [9.17, 15) is 22.2 Å². The summed E-state index contributed by atoms with van der Waals surface area (Å²) in [6.45, 7) is -0.275. The molecule has 0 aliphatic rings. The molecule has 1 aromatic carbocycles. The molecule has 2 aromatic rings. The number of carbonyl (C=O) groups is 1. The van der Waals surface area contributed by atoms with E-state index in [0.717, 1.165) is 12.1 Å². The van der Waals surface area contributed by atoms with Gasteiger partial charge in [-0.05, 0) is 12.1 Å². The first-order valence-corrected chi connectivity index (χ1v) is 7.26. The van der Waals surface area contributed by atoms with Crippen molar-refractivity contribution in [1.29, 1.82) is 0 Å². The quantitative estimate of drug-likeness (QED) is 0.808. The molecule has 0 amide bonds. The van der Waals surface area contributed by atoms with Crippen molar-refractivity contribution >= 4 is 16.6 Å². The Bertz CT molecular complexity index is 697. The maximum Gasteiger partial charge on any atom is 0.416 e. The number of aromatic nitrogens is 3. The Kier molecular flexibility index (Phi) is 4.21. The molecule has 0 unspecified atom stereocenters. The molecular formula is C12H10F3N3O2S. The summed E-state index contributed by atoms with van der Waals surface area (Å²) in [5, 5.41) is 7.23. The lowest BCUT2D eigenvalue weighted by Gasteiger charge is -2.09. The molecule has 0 spiro atoms.